The highest BCUT2D eigenvalue weighted by Crippen LogP contribution is 2.22. The van der Waals surface area contributed by atoms with E-state index in [0.29, 0.717) is 34.5 Å². The minimum absolute atomic E-state index is 0.108. The number of hydrogen-bond acceptors (Lipinski definition) is 3. The van der Waals surface area contributed by atoms with E-state index < -0.39 is 0 Å². The molecule has 0 unspecified atom stereocenters. The minimum atomic E-state index is -0.257. The Balaban J connectivity index is 1.42. The molecule has 2 heterocycles. The van der Waals surface area contributed by atoms with Gasteiger partial charge >= 0.3 is 0 Å². The van der Waals surface area contributed by atoms with E-state index in [1.807, 2.05) is 30.5 Å². The molecule has 3 N–H and O–H groups in total. The number of rotatable bonds is 5. The van der Waals surface area contributed by atoms with Gasteiger partial charge in [-0.15, -0.1) is 0 Å². The molecule has 1 amide bonds. The zero-order valence-electron chi connectivity index (χ0n) is 14.4. The van der Waals surface area contributed by atoms with Crippen LogP contribution in [-0.4, -0.2) is 27.6 Å². The van der Waals surface area contributed by atoms with Gasteiger partial charge in [0.25, 0.3) is 5.56 Å². The van der Waals surface area contributed by atoms with Crippen molar-refractivity contribution in [3.8, 4) is 0 Å². The van der Waals surface area contributed by atoms with Gasteiger partial charge in [-0.2, -0.15) is 5.10 Å². The van der Waals surface area contributed by atoms with Gasteiger partial charge in [0.05, 0.1) is 17.5 Å². The number of carbonyl (C=O) groups is 1. The van der Waals surface area contributed by atoms with Crippen LogP contribution < -0.4 is 10.9 Å². The molecule has 0 saturated carbocycles. The summed E-state index contributed by atoms with van der Waals surface area (Å²) in [5.74, 6) is -0.141. The highest BCUT2D eigenvalue weighted by molar-refractivity contribution is 6.31. The number of benzene rings is 2. The van der Waals surface area contributed by atoms with Crippen molar-refractivity contribution in [2.75, 3.05) is 6.54 Å². The molecule has 27 heavy (non-hydrogen) atoms. The number of halogens is 1. The van der Waals surface area contributed by atoms with E-state index in [4.69, 9.17) is 11.6 Å². The highest BCUT2D eigenvalue weighted by Gasteiger charge is 2.11. The van der Waals surface area contributed by atoms with Crippen LogP contribution in [-0.2, 0) is 17.6 Å². The molecule has 0 aliphatic heterocycles. The van der Waals surface area contributed by atoms with Gasteiger partial charge in [-0.1, -0.05) is 29.8 Å². The summed E-state index contributed by atoms with van der Waals surface area (Å²) in [6.45, 7) is 0.500. The average Bonchev–Trinajstić information content (AvgIpc) is 3.06. The van der Waals surface area contributed by atoms with Gasteiger partial charge in [-0.25, -0.2) is 5.10 Å². The maximum absolute atomic E-state index is 12.3. The molecule has 0 fully saturated rings. The van der Waals surface area contributed by atoms with Gasteiger partial charge in [-0.3, -0.25) is 9.59 Å². The zero-order chi connectivity index (χ0) is 18.8. The lowest BCUT2D eigenvalue weighted by molar-refractivity contribution is -0.120. The van der Waals surface area contributed by atoms with Crippen LogP contribution in [0.1, 0.15) is 11.3 Å². The number of amides is 1. The molecule has 7 heteroatoms. The smallest absolute Gasteiger partial charge is 0.272 e. The van der Waals surface area contributed by atoms with Gasteiger partial charge in [0.15, 0.2) is 0 Å². The first-order chi connectivity index (χ1) is 13.1. The normalized spacial score (nSPS) is 11.1. The molecule has 4 rings (SSSR count). The summed E-state index contributed by atoms with van der Waals surface area (Å²) >= 11 is 6.07. The molecule has 2 aromatic heterocycles. The van der Waals surface area contributed by atoms with E-state index >= 15 is 0 Å². The Labute approximate surface area is 159 Å². The number of fused-ring (bicyclic) bond motifs is 2. The quantitative estimate of drug-likeness (QED) is 0.497. The third-order valence-electron chi connectivity index (χ3n) is 4.55. The monoisotopic (exact) mass is 380 g/mol. The molecular weight excluding hydrogens is 364 g/mol. The number of nitrogens with one attached hydrogen (secondary N) is 3. The van der Waals surface area contributed by atoms with Crippen molar-refractivity contribution < 1.29 is 4.79 Å². The van der Waals surface area contributed by atoms with Crippen LogP contribution >= 0.6 is 11.6 Å². The third-order valence-corrected chi connectivity index (χ3v) is 4.78. The van der Waals surface area contributed by atoms with Crippen LogP contribution in [0.25, 0.3) is 21.7 Å². The van der Waals surface area contributed by atoms with Crippen molar-refractivity contribution in [1.82, 2.24) is 20.5 Å². The van der Waals surface area contributed by atoms with Crippen molar-refractivity contribution in [2.45, 2.75) is 12.8 Å². The fraction of sp³-hybridized carbons (Fsp3) is 0.150. The lowest BCUT2D eigenvalue weighted by Gasteiger charge is -2.07. The minimum Gasteiger partial charge on any atom is -0.361 e. The van der Waals surface area contributed by atoms with Crippen molar-refractivity contribution in [3.05, 3.63) is 75.3 Å². The van der Waals surface area contributed by atoms with Crippen LogP contribution in [0.2, 0.25) is 5.02 Å². The van der Waals surface area contributed by atoms with E-state index in [0.717, 1.165) is 16.5 Å². The van der Waals surface area contributed by atoms with Crippen LogP contribution in [0.5, 0.6) is 0 Å². The Morgan fingerprint density at radius 2 is 1.93 bits per heavy atom. The van der Waals surface area contributed by atoms with Gasteiger partial charge < -0.3 is 10.3 Å². The number of nitrogens with zero attached hydrogens (tertiary/aromatic N) is 1. The summed E-state index contributed by atoms with van der Waals surface area (Å²) < 4.78 is 0. The number of aromatic nitrogens is 3. The number of aromatic amines is 2. The second-order valence-electron chi connectivity index (χ2n) is 6.33. The lowest BCUT2D eigenvalue weighted by Crippen LogP contribution is -2.28. The molecule has 0 aliphatic rings. The zero-order valence-corrected chi connectivity index (χ0v) is 15.1. The van der Waals surface area contributed by atoms with Gasteiger partial charge in [0.2, 0.25) is 5.91 Å². The van der Waals surface area contributed by atoms with Crippen molar-refractivity contribution in [3.63, 3.8) is 0 Å². The SMILES string of the molecule is O=C(Cc1n[nH]c(=O)c2ccccc12)NCCc1c[nH]c2ccc(Cl)cc12. The first-order valence-corrected chi connectivity index (χ1v) is 8.98. The average molecular weight is 381 g/mol. The maximum Gasteiger partial charge on any atom is 0.272 e. The van der Waals surface area contributed by atoms with Crippen LogP contribution in [0, 0.1) is 0 Å². The predicted molar refractivity (Wildman–Crippen MR) is 106 cm³/mol. The highest BCUT2D eigenvalue weighted by atomic mass is 35.5. The second kappa shape index (κ2) is 7.25. The molecule has 0 spiro atoms. The standard InChI is InChI=1S/C20H17ClN4O2/c21-13-5-6-17-16(9-13)12(11-23-17)7-8-22-19(26)10-18-14-3-1-2-4-15(14)20(27)25-24-18/h1-6,9,11,23H,7-8,10H2,(H,22,26)(H,25,27). The summed E-state index contributed by atoms with van der Waals surface area (Å²) in [6.07, 6.45) is 2.73. The van der Waals surface area contributed by atoms with E-state index in [2.05, 4.69) is 20.5 Å². The fourth-order valence-corrected chi connectivity index (χ4v) is 3.39. The lowest BCUT2D eigenvalue weighted by atomic mass is 10.1. The Bertz CT molecular complexity index is 1200. The van der Waals surface area contributed by atoms with E-state index in [-0.39, 0.29) is 17.9 Å². The summed E-state index contributed by atoms with van der Waals surface area (Å²) in [5, 5.41) is 12.4. The van der Waals surface area contributed by atoms with Crippen LogP contribution in [0.4, 0.5) is 0 Å². The predicted octanol–water partition coefficient (Wildman–Crippen LogP) is 2.96. The third kappa shape index (κ3) is 3.57. The molecule has 2 aromatic carbocycles. The molecular formula is C20H17ClN4O2. The fourth-order valence-electron chi connectivity index (χ4n) is 3.21. The molecule has 0 atom stereocenters. The Hall–Kier alpha value is -3.12. The van der Waals surface area contributed by atoms with Gasteiger partial charge in [0.1, 0.15) is 0 Å². The Kier molecular flexibility index (Phi) is 4.64. The van der Waals surface area contributed by atoms with E-state index in [1.165, 1.54) is 0 Å². The largest absolute Gasteiger partial charge is 0.361 e. The first-order valence-electron chi connectivity index (χ1n) is 8.60. The number of H-pyrrole nitrogens is 2. The maximum atomic E-state index is 12.3. The summed E-state index contributed by atoms with van der Waals surface area (Å²) in [5.41, 5.74) is 2.42. The van der Waals surface area contributed by atoms with Crippen molar-refractivity contribution in [2.24, 2.45) is 0 Å². The molecule has 0 aliphatic carbocycles. The molecule has 6 nitrogen and oxygen atoms in total. The van der Waals surface area contributed by atoms with Crippen molar-refractivity contribution >= 4 is 39.2 Å². The van der Waals surface area contributed by atoms with Crippen molar-refractivity contribution in [1.29, 1.82) is 0 Å². The summed E-state index contributed by atoms with van der Waals surface area (Å²) in [6, 6.07) is 12.8. The van der Waals surface area contributed by atoms with Gasteiger partial charge in [0, 0.05) is 34.1 Å². The Morgan fingerprint density at radius 1 is 1.11 bits per heavy atom. The molecule has 136 valence electrons. The Morgan fingerprint density at radius 3 is 2.78 bits per heavy atom. The van der Waals surface area contributed by atoms with E-state index in [9.17, 15) is 9.59 Å². The van der Waals surface area contributed by atoms with Gasteiger partial charge in [-0.05, 0) is 36.2 Å². The number of hydrogen-bond donors (Lipinski definition) is 3. The first kappa shape index (κ1) is 17.3. The van der Waals surface area contributed by atoms with Crippen LogP contribution in [0.15, 0.2) is 53.5 Å². The second-order valence-corrected chi connectivity index (χ2v) is 6.76. The van der Waals surface area contributed by atoms with Crippen LogP contribution in [0.3, 0.4) is 0 Å². The summed E-state index contributed by atoms with van der Waals surface area (Å²) in [7, 11) is 0. The number of carbonyl (C=O) groups excluding carboxylic acids is 1. The summed E-state index contributed by atoms with van der Waals surface area (Å²) in [4.78, 5) is 27.3. The molecule has 0 radical (unpaired) electrons. The van der Waals surface area contributed by atoms with E-state index in [1.54, 1.807) is 18.2 Å². The topological polar surface area (TPSA) is 90.6 Å². The molecule has 0 saturated heterocycles. The molecule has 0 bridgehead atoms. The molecule has 4 aromatic rings.